The van der Waals surface area contributed by atoms with E-state index in [1.165, 1.54) is 12.1 Å². The second kappa shape index (κ2) is 7.43. The molecule has 0 saturated heterocycles. The van der Waals surface area contributed by atoms with E-state index in [4.69, 9.17) is 12.2 Å². The minimum absolute atomic E-state index is 0.110. The van der Waals surface area contributed by atoms with E-state index in [-0.39, 0.29) is 16.4 Å². The second-order valence-electron chi connectivity index (χ2n) is 5.01. The molecule has 2 aromatic rings. The maximum absolute atomic E-state index is 12.0. The number of benzene rings is 2. The number of phenols is 1. The molecule has 2 aromatic carbocycles. The van der Waals surface area contributed by atoms with Gasteiger partial charge in [-0.3, -0.25) is 15.6 Å². The van der Waals surface area contributed by atoms with Gasteiger partial charge in [0.05, 0.1) is 5.56 Å². The molecule has 0 radical (unpaired) electrons. The van der Waals surface area contributed by atoms with Crippen molar-refractivity contribution in [3.8, 4) is 5.75 Å². The topological polar surface area (TPSA) is 73.4 Å². The number of hydrogen-bond donors (Lipinski definition) is 4. The van der Waals surface area contributed by atoms with Gasteiger partial charge >= 0.3 is 0 Å². The van der Waals surface area contributed by atoms with Crippen LogP contribution in [-0.4, -0.2) is 16.1 Å². The summed E-state index contributed by atoms with van der Waals surface area (Å²) in [4.78, 5) is 12.0. The molecule has 0 saturated carbocycles. The number of hydrazine groups is 1. The van der Waals surface area contributed by atoms with E-state index < -0.39 is 5.91 Å². The summed E-state index contributed by atoms with van der Waals surface area (Å²) in [5, 5.41) is 13.0. The number of rotatable bonds is 2. The van der Waals surface area contributed by atoms with Gasteiger partial charge in [-0.05, 0) is 55.9 Å². The molecule has 0 aliphatic carbocycles. The highest BCUT2D eigenvalue weighted by Crippen LogP contribution is 2.21. The lowest BCUT2D eigenvalue weighted by molar-refractivity contribution is 0.0941. The van der Waals surface area contributed by atoms with Gasteiger partial charge in [0.2, 0.25) is 0 Å². The van der Waals surface area contributed by atoms with Gasteiger partial charge in [-0.15, -0.1) is 0 Å². The first-order chi connectivity index (χ1) is 10.9. The van der Waals surface area contributed by atoms with Crippen LogP contribution >= 0.6 is 28.1 Å². The fourth-order valence-electron chi connectivity index (χ4n) is 1.98. The Balaban J connectivity index is 1.96. The minimum Gasteiger partial charge on any atom is -0.507 e. The maximum Gasteiger partial charge on any atom is 0.273 e. The molecule has 0 fully saturated rings. The zero-order valence-corrected chi connectivity index (χ0v) is 15.0. The number of phenolic OH excluding ortho intramolecular Hbond substituents is 1. The van der Waals surface area contributed by atoms with Crippen molar-refractivity contribution in [3.05, 3.63) is 57.6 Å². The van der Waals surface area contributed by atoms with Crippen LogP contribution in [0.15, 0.2) is 40.9 Å². The summed E-state index contributed by atoms with van der Waals surface area (Å²) in [5.41, 5.74) is 8.26. The average molecular weight is 394 g/mol. The molecule has 1 amide bonds. The zero-order valence-electron chi connectivity index (χ0n) is 12.6. The summed E-state index contributed by atoms with van der Waals surface area (Å²) in [5.74, 6) is -0.602. The number of aromatic hydroxyl groups is 1. The van der Waals surface area contributed by atoms with E-state index in [1.807, 2.05) is 32.0 Å². The van der Waals surface area contributed by atoms with Crippen molar-refractivity contribution in [2.75, 3.05) is 5.32 Å². The molecule has 23 heavy (non-hydrogen) atoms. The second-order valence-corrected chi connectivity index (χ2v) is 6.34. The van der Waals surface area contributed by atoms with Crippen molar-refractivity contribution < 1.29 is 9.90 Å². The Morgan fingerprint density at radius 2 is 1.87 bits per heavy atom. The largest absolute Gasteiger partial charge is 0.507 e. The average Bonchev–Trinajstić information content (AvgIpc) is 2.50. The predicted octanol–water partition coefficient (Wildman–Crippen LogP) is 3.40. The van der Waals surface area contributed by atoms with Crippen LogP contribution in [0.2, 0.25) is 0 Å². The number of carbonyl (C=O) groups is 1. The van der Waals surface area contributed by atoms with E-state index in [0.717, 1.165) is 16.8 Å². The Morgan fingerprint density at radius 1 is 1.13 bits per heavy atom. The summed E-state index contributed by atoms with van der Waals surface area (Å²) < 4.78 is 0.691. The lowest BCUT2D eigenvalue weighted by Gasteiger charge is -2.14. The Hall–Kier alpha value is -2.12. The van der Waals surface area contributed by atoms with Crippen LogP contribution in [0, 0.1) is 13.8 Å². The maximum atomic E-state index is 12.0. The van der Waals surface area contributed by atoms with E-state index in [9.17, 15) is 9.90 Å². The van der Waals surface area contributed by atoms with Crippen LogP contribution in [-0.2, 0) is 0 Å². The van der Waals surface area contributed by atoms with E-state index in [1.54, 1.807) is 6.07 Å². The van der Waals surface area contributed by atoms with E-state index in [2.05, 4.69) is 32.1 Å². The van der Waals surface area contributed by atoms with Crippen LogP contribution in [0.4, 0.5) is 5.69 Å². The Morgan fingerprint density at radius 3 is 2.57 bits per heavy atom. The van der Waals surface area contributed by atoms with Gasteiger partial charge in [-0.1, -0.05) is 33.6 Å². The summed E-state index contributed by atoms with van der Waals surface area (Å²) in [7, 11) is 0. The number of amides is 1. The number of thiocarbonyl (C=S) groups is 1. The van der Waals surface area contributed by atoms with Crippen molar-refractivity contribution in [1.29, 1.82) is 0 Å². The molecular weight excluding hydrogens is 378 g/mol. The molecule has 7 heteroatoms. The molecule has 0 aromatic heterocycles. The van der Waals surface area contributed by atoms with E-state index in [0.29, 0.717) is 4.47 Å². The first-order valence-corrected chi connectivity index (χ1v) is 8.00. The number of aryl methyl sites for hydroxylation is 2. The summed E-state index contributed by atoms with van der Waals surface area (Å²) in [6.45, 7) is 3.98. The molecule has 0 aliphatic rings. The molecule has 120 valence electrons. The Kier molecular flexibility index (Phi) is 5.57. The SMILES string of the molecule is Cc1ccc(NC(=S)NNC(=O)c2cc(Br)ccc2O)c(C)c1. The van der Waals surface area contributed by atoms with E-state index >= 15 is 0 Å². The molecule has 0 atom stereocenters. The number of nitrogens with one attached hydrogen (secondary N) is 3. The third-order valence-corrected chi connectivity index (χ3v) is 3.82. The molecule has 4 N–H and O–H groups in total. The Bertz CT molecular complexity index is 765. The molecule has 5 nitrogen and oxygen atoms in total. The van der Waals surface area contributed by atoms with Crippen molar-refractivity contribution in [1.82, 2.24) is 10.9 Å². The van der Waals surface area contributed by atoms with Gasteiger partial charge in [-0.2, -0.15) is 0 Å². The highest BCUT2D eigenvalue weighted by Gasteiger charge is 2.12. The number of halogens is 1. The zero-order chi connectivity index (χ0) is 17.0. The lowest BCUT2D eigenvalue weighted by Crippen LogP contribution is -2.43. The van der Waals surface area contributed by atoms with Crippen LogP contribution in [0.5, 0.6) is 5.75 Å². The quantitative estimate of drug-likeness (QED) is 0.464. The molecule has 0 aliphatic heterocycles. The standard InChI is InChI=1S/C16H16BrN3O2S/c1-9-3-5-13(10(2)7-9)18-16(23)20-19-15(22)12-8-11(17)4-6-14(12)21/h3-8,21H,1-2H3,(H,19,22)(H2,18,20,23). The lowest BCUT2D eigenvalue weighted by atomic mass is 10.1. The summed E-state index contributed by atoms with van der Waals surface area (Å²) in [6, 6.07) is 10.5. The minimum atomic E-state index is -0.492. The summed E-state index contributed by atoms with van der Waals surface area (Å²) >= 11 is 8.40. The molecule has 0 spiro atoms. The highest BCUT2D eigenvalue weighted by atomic mass is 79.9. The van der Waals surface area contributed by atoms with Gasteiger partial charge in [0.15, 0.2) is 5.11 Å². The van der Waals surface area contributed by atoms with Gasteiger partial charge in [0, 0.05) is 10.2 Å². The van der Waals surface area contributed by atoms with Crippen molar-refractivity contribution >= 4 is 44.9 Å². The van der Waals surface area contributed by atoms with Crippen LogP contribution in [0.25, 0.3) is 0 Å². The number of anilines is 1. The summed E-state index contributed by atoms with van der Waals surface area (Å²) in [6.07, 6.45) is 0. The number of carbonyl (C=O) groups excluding carboxylic acids is 1. The van der Waals surface area contributed by atoms with Crippen LogP contribution < -0.4 is 16.2 Å². The predicted molar refractivity (Wildman–Crippen MR) is 98.5 cm³/mol. The van der Waals surface area contributed by atoms with Gasteiger partial charge < -0.3 is 10.4 Å². The molecule has 0 heterocycles. The molecule has 0 bridgehead atoms. The van der Waals surface area contributed by atoms with Crippen molar-refractivity contribution in [3.63, 3.8) is 0 Å². The third-order valence-electron chi connectivity index (χ3n) is 3.12. The monoisotopic (exact) mass is 393 g/mol. The van der Waals surface area contributed by atoms with Gasteiger partial charge in [0.25, 0.3) is 5.91 Å². The Labute approximate surface area is 148 Å². The fourth-order valence-corrected chi connectivity index (χ4v) is 2.50. The first-order valence-electron chi connectivity index (χ1n) is 6.80. The first kappa shape index (κ1) is 17.2. The molecule has 2 rings (SSSR count). The highest BCUT2D eigenvalue weighted by molar-refractivity contribution is 9.10. The molecular formula is C16H16BrN3O2S. The molecule has 0 unspecified atom stereocenters. The number of hydrogen-bond acceptors (Lipinski definition) is 3. The fraction of sp³-hybridized carbons (Fsp3) is 0.125. The van der Waals surface area contributed by atoms with Crippen molar-refractivity contribution in [2.45, 2.75) is 13.8 Å². The van der Waals surface area contributed by atoms with Crippen molar-refractivity contribution in [2.24, 2.45) is 0 Å². The van der Waals surface area contributed by atoms with Crippen LogP contribution in [0.3, 0.4) is 0 Å². The van der Waals surface area contributed by atoms with Gasteiger partial charge in [-0.25, -0.2) is 0 Å². The third kappa shape index (κ3) is 4.67. The normalized spacial score (nSPS) is 10.0. The van der Waals surface area contributed by atoms with Crippen LogP contribution in [0.1, 0.15) is 21.5 Å². The smallest absolute Gasteiger partial charge is 0.273 e. The van der Waals surface area contributed by atoms with Gasteiger partial charge in [0.1, 0.15) is 5.75 Å².